The Bertz CT molecular complexity index is 996. The molecule has 1 aromatic heterocycles. The first-order valence-electron chi connectivity index (χ1n) is 9.48. The zero-order valence-electron chi connectivity index (χ0n) is 16.1. The summed E-state index contributed by atoms with van der Waals surface area (Å²) in [6, 6.07) is 8.10. The van der Waals surface area contributed by atoms with Crippen molar-refractivity contribution in [2.24, 2.45) is 5.92 Å². The highest BCUT2D eigenvalue weighted by molar-refractivity contribution is 7.89. The van der Waals surface area contributed by atoms with E-state index < -0.39 is 10.0 Å². The molecule has 154 valence electrons. The molecular weight excluding hydrogens is 394 g/mol. The first-order chi connectivity index (χ1) is 13.9. The van der Waals surface area contributed by atoms with E-state index in [4.69, 9.17) is 9.47 Å². The number of nitrogens with one attached hydrogen (secondary N) is 1. The van der Waals surface area contributed by atoms with Crippen molar-refractivity contribution in [2.75, 3.05) is 31.3 Å². The van der Waals surface area contributed by atoms with Crippen LogP contribution in [0.4, 0.5) is 5.69 Å². The van der Waals surface area contributed by atoms with Crippen LogP contribution in [0.1, 0.15) is 12.5 Å². The zero-order valence-corrected chi connectivity index (χ0v) is 16.9. The van der Waals surface area contributed by atoms with E-state index in [1.807, 2.05) is 12.1 Å². The Kier molecular flexibility index (Phi) is 5.53. The van der Waals surface area contributed by atoms with Crippen LogP contribution in [0.25, 0.3) is 0 Å². The first-order valence-corrected chi connectivity index (χ1v) is 11.0. The van der Waals surface area contributed by atoms with Crippen LogP contribution in [0, 0.1) is 5.92 Å². The van der Waals surface area contributed by atoms with Gasteiger partial charge in [0.05, 0.1) is 36.4 Å². The lowest BCUT2D eigenvalue weighted by molar-refractivity contribution is -0.116. The number of benzene rings is 1. The maximum Gasteiger partial charge on any atom is 0.240 e. The van der Waals surface area contributed by atoms with Crippen molar-refractivity contribution >= 4 is 21.6 Å². The molecule has 8 nitrogen and oxygen atoms in total. The monoisotopic (exact) mass is 417 g/mol. The zero-order chi connectivity index (χ0) is 20.4. The molecule has 1 saturated heterocycles. The minimum Gasteiger partial charge on any atom is -0.490 e. The molecule has 2 aliphatic rings. The number of rotatable bonds is 5. The van der Waals surface area contributed by atoms with Gasteiger partial charge in [0, 0.05) is 25.2 Å². The molecule has 2 atom stereocenters. The SMILES string of the molecule is CC(=O)N1CCOc2ccc(S(=O)(=O)N[C@@H]3COC[C@H]3Cc3ccncc3)cc21. The Balaban J connectivity index is 1.54. The Morgan fingerprint density at radius 2 is 2.03 bits per heavy atom. The molecule has 0 bridgehead atoms. The molecule has 2 aromatic rings. The van der Waals surface area contributed by atoms with Crippen molar-refractivity contribution in [1.29, 1.82) is 0 Å². The van der Waals surface area contributed by atoms with Gasteiger partial charge in [-0.2, -0.15) is 0 Å². The van der Waals surface area contributed by atoms with Gasteiger partial charge in [-0.15, -0.1) is 0 Å². The van der Waals surface area contributed by atoms with E-state index in [9.17, 15) is 13.2 Å². The Morgan fingerprint density at radius 1 is 1.24 bits per heavy atom. The third-order valence-corrected chi connectivity index (χ3v) is 6.72. The van der Waals surface area contributed by atoms with E-state index in [2.05, 4.69) is 9.71 Å². The summed E-state index contributed by atoms with van der Waals surface area (Å²) in [7, 11) is -3.79. The predicted molar refractivity (Wildman–Crippen MR) is 106 cm³/mol. The second kappa shape index (κ2) is 8.10. The summed E-state index contributed by atoms with van der Waals surface area (Å²) in [4.78, 5) is 17.5. The van der Waals surface area contributed by atoms with Crippen LogP contribution in [0.3, 0.4) is 0 Å². The van der Waals surface area contributed by atoms with Crippen molar-refractivity contribution in [1.82, 2.24) is 9.71 Å². The van der Waals surface area contributed by atoms with E-state index >= 15 is 0 Å². The number of nitrogens with zero attached hydrogens (tertiary/aromatic N) is 2. The lowest BCUT2D eigenvalue weighted by Gasteiger charge is -2.29. The number of aromatic nitrogens is 1. The van der Waals surface area contributed by atoms with Gasteiger partial charge in [0.25, 0.3) is 0 Å². The van der Waals surface area contributed by atoms with Crippen LogP contribution in [-0.2, 0) is 26.0 Å². The highest BCUT2D eigenvalue weighted by atomic mass is 32.2. The van der Waals surface area contributed by atoms with E-state index in [1.165, 1.54) is 24.0 Å². The number of carbonyl (C=O) groups excluding carboxylic acids is 1. The van der Waals surface area contributed by atoms with Crippen molar-refractivity contribution in [2.45, 2.75) is 24.3 Å². The van der Waals surface area contributed by atoms with E-state index in [-0.39, 0.29) is 22.8 Å². The maximum atomic E-state index is 13.0. The molecule has 0 aliphatic carbocycles. The molecular formula is C20H23N3O5S. The van der Waals surface area contributed by atoms with Gasteiger partial charge in [-0.25, -0.2) is 13.1 Å². The molecule has 3 heterocycles. The summed E-state index contributed by atoms with van der Waals surface area (Å²) in [6.07, 6.45) is 4.15. The standard InChI is InChI=1S/C20H23N3O5S/c1-14(24)23-8-9-28-20-3-2-17(11-19(20)23)29(25,26)22-18-13-27-12-16(18)10-15-4-6-21-7-5-15/h2-7,11,16,18,22H,8-10,12-13H2,1H3/t16-,18-/m1/s1. The van der Waals surface area contributed by atoms with Gasteiger partial charge in [0.1, 0.15) is 12.4 Å². The number of hydrogen-bond donors (Lipinski definition) is 1. The average molecular weight is 417 g/mol. The normalized spacial score (nSPS) is 21.5. The summed E-state index contributed by atoms with van der Waals surface area (Å²) < 4.78 is 39.9. The molecule has 0 unspecified atom stereocenters. The molecule has 1 aromatic carbocycles. The minimum absolute atomic E-state index is 0.0295. The predicted octanol–water partition coefficient (Wildman–Crippen LogP) is 1.36. The summed E-state index contributed by atoms with van der Waals surface area (Å²) in [6.45, 7) is 3.04. The fourth-order valence-electron chi connectivity index (χ4n) is 3.71. The Morgan fingerprint density at radius 3 is 2.79 bits per heavy atom. The van der Waals surface area contributed by atoms with Gasteiger partial charge in [-0.1, -0.05) is 0 Å². The minimum atomic E-state index is -3.79. The van der Waals surface area contributed by atoms with Crippen LogP contribution in [-0.4, -0.2) is 51.7 Å². The topological polar surface area (TPSA) is 97.8 Å². The quantitative estimate of drug-likeness (QED) is 0.789. The molecule has 9 heteroatoms. The third-order valence-electron chi connectivity index (χ3n) is 5.24. The van der Waals surface area contributed by atoms with Crippen LogP contribution in [0.15, 0.2) is 47.6 Å². The maximum absolute atomic E-state index is 13.0. The molecule has 1 fully saturated rings. The molecule has 0 saturated carbocycles. The molecule has 0 spiro atoms. The van der Waals surface area contributed by atoms with Crippen molar-refractivity contribution in [3.8, 4) is 5.75 Å². The molecule has 2 aliphatic heterocycles. The Labute approximate surface area is 169 Å². The smallest absolute Gasteiger partial charge is 0.240 e. The van der Waals surface area contributed by atoms with Crippen LogP contribution in [0.5, 0.6) is 5.75 Å². The number of ether oxygens (including phenoxy) is 2. The number of sulfonamides is 1. The van der Waals surface area contributed by atoms with E-state index in [1.54, 1.807) is 18.5 Å². The van der Waals surface area contributed by atoms with Gasteiger partial charge >= 0.3 is 0 Å². The summed E-state index contributed by atoms with van der Waals surface area (Å²) >= 11 is 0. The van der Waals surface area contributed by atoms with E-state index in [0.717, 1.165) is 5.56 Å². The van der Waals surface area contributed by atoms with Crippen LogP contribution >= 0.6 is 0 Å². The van der Waals surface area contributed by atoms with Crippen molar-refractivity contribution in [3.05, 3.63) is 48.3 Å². The summed E-state index contributed by atoms with van der Waals surface area (Å²) in [5.41, 5.74) is 1.56. The third kappa shape index (κ3) is 4.26. The molecule has 1 amide bonds. The lowest BCUT2D eigenvalue weighted by atomic mass is 9.96. The van der Waals surface area contributed by atoms with Crippen LogP contribution < -0.4 is 14.4 Å². The fraction of sp³-hybridized carbons (Fsp3) is 0.400. The lowest BCUT2D eigenvalue weighted by Crippen LogP contribution is -2.41. The Hall–Kier alpha value is -2.49. The van der Waals surface area contributed by atoms with Crippen molar-refractivity contribution in [3.63, 3.8) is 0 Å². The number of fused-ring (bicyclic) bond motifs is 1. The molecule has 4 rings (SSSR count). The van der Waals surface area contributed by atoms with E-state index in [0.29, 0.717) is 44.2 Å². The summed E-state index contributed by atoms with van der Waals surface area (Å²) in [5.74, 6) is 0.380. The highest BCUT2D eigenvalue weighted by Gasteiger charge is 2.33. The first kappa shape index (κ1) is 19.8. The molecule has 29 heavy (non-hydrogen) atoms. The largest absolute Gasteiger partial charge is 0.490 e. The average Bonchev–Trinajstić information content (AvgIpc) is 3.13. The van der Waals surface area contributed by atoms with Crippen molar-refractivity contribution < 1.29 is 22.7 Å². The second-order valence-corrected chi connectivity index (χ2v) is 8.95. The van der Waals surface area contributed by atoms with Gasteiger partial charge < -0.3 is 14.4 Å². The van der Waals surface area contributed by atoms with Gasteiger partial charge in [-0.3, -0.25) is 9.78 Å². The number of anilines is 1. The fourth-order valence-corrected chi connectivity index (χ4v) is 5.02. The number of hydrogen-bond acceptors (Lipinski definition) is 6. The van der Waals surface area contributed by atoms with Gasteiger partial charge in [0.2, 0.25) is 15.9 Å². The van der Waals surface area contributed by atoms with Gasteiger partial charge in [-0.05, 0) is 42.3 Å². The van der Waals surface area contributed by atoms with Gasteiger partial charge in [0.15, 0.2) is 0 Å². The van der Waals surface area contributed by atoms with Crippen LogP contribution in [0.2, 0.25) is 0 Å². The number of carbonyl (C=O) groups is 1. The highest BCUT2D eigenvalue weighted by Crippen LogP contribution is 2.34. The number of pyridine rings is 1. The molecule has 0 radical (unpaired) electrons. The number of amides is 1. The second-order valence-electron chi connectivity index (χ2n) is 7.23. The summed E-state index contributed by atoms with van der Waals surface area (Å²) in [5, 5.41) is 0. The molecule has 1 N–H and O–H groups in total.